The van der Waals surface area contributed by atoms with E-state index in [-0.39, 0.29) is 21.2 Å². The Labute approximate surface area is 381 Å². The smallest absolute Gasteiger partial charge is 0.144 e. The van der Waals surface area contributed by atoms with Crippen molar-refractivity contribution in [3.05, 3.63) is 117 Å². The number of nitrogens with two attached hydrogens (primary N) is 2. The summed E-state index contributed by atoms with van der Waals surface area (Å²) in [6.45, 7) is 3.88. The number of anilines is 2. The normalized spacial score (nSPS) is 23.7. The van der Waals surface area contributed by atoms with E-state index >= 15 is 0 Å². The molecule has 0 bridgehead atoms. The van der Waals surface area contributed by atoms with Gasteiger partial charge in [0.1, 0.15) is 58.5 Å². The zero-order valence-electron chi connectivity index (χ0n) is 33.6. The van der Waals surface area contributed by atoms with Gasteiger partial charge in [-0.25, -0.2) is 29.9 Å². The van der Waals surface area contributed by atoms with Crippen molar-refractivity contribution in [1.29, 1.82) is 0 Å². The van der Waals surface area contributed by atoms with Crippen LogP contribution in [0.25, 0.3) is 43.9 Å². The van der Waals surface area contributed by atoms with Gasteiger partial charge in [0, 0.05) is 44.4 Å². The molecular formula is C44H44Br2N10O4S2. The molecule has 0 radical (unpaired) electrons. The molecule has 2 fully saturated rings. The third-order valence-electron chi connectivity index (χ3n) is 11.8. The molecule has 2 saturated heterocycles. The van der Waals surface area contributed by atoms with E-state index in [4.69, 9.17) is 11.5 Å². The molecule has 320 valence electrons. The summed E-state index contributed by atoms with van der Waals surface area (Å²) in [5, 5.41) is 46.2. The number of aromatic nitrogens is 8. The summed E-state index contributed by atoms with van der Waals surface area (Å²) in [7, 11) is 0. The summed E-state index contributed by atoms with van der Waals surface area (Å²) < 4.78 is 5.47. The van der Waals surface area contributed by atoms with E-state index in [9.17, 15) is 20.4 Å². The molecule has 8 aromatic rings. The highest BCUT2D eigenvalue weighted by Gasteiger charge is 2.44. The van der Waals surface area contributed by atoms with Crippen LogP contribution in [0.1, 0.15) is 46.1 Å². The fraction of sp³-hybridized carbons (Fsp3) is 0.318. The minimum absolute atomic E-state index is 0.0842. The van der Waals surface area contributed by atoms with Gasteiger partial charge in [-0.1, -0.05) is 24.3 Å². The van der Waals surface area contributed by atoms with E-state index < -0.39 is 24.4 Å². The summed E-state index contributed by atoms with van der Waals surface area (Å²) >= 11 is 10.0. The first-order valence-electron chi connectivity index (χ1n) is 20.1. The van der Waals surface area contributed by atoms with Crippen LogP contribution in [0, 0.1) is 13.8 Å². The summed E-state index contributed by atoms with van der Waals surface area (Å²) in [6, 6.07) is 20.1. The zero-order chi connectivity index (χ0) is 43.4. The van der Waals surface area contributed by atoms with Crippen molar-refractivity contribution in [2.24, 2.45) is 0 Å². The Hall–Kier alpha value is -4.40. The lowest BCUT2D eigenvalue weighted by atomic mass is 10.0. The van der Waals surface area contributed by atoms with Crippen molar-refractivity contribution >= 4 is 111 Å². The average molecular weight is 1000 g/mol. The second-order valence-corrected chi connectivity index (χ2v) is 20.2. The van der Waals surface area contributed by atoms with Crippen molar-refractivity contribution in [1.82, 2.24) is 39.0 Å². The van der Waals surface area contributed by atoms with Crippen LogP contribution in [0.4, 0.5) is 11.6 Å². The first-order chi connectivity index (χ1) is 29.8. The molecule has 8 atom stereocenters. The number of fused-ring (bicyclic) bond motifs is 4. The third-order valence-corrected chi connectivity index (χ3v) is 16.4. The van der Waals surface area contributed by atoms with E-state index in [0.29, 0.717) is 11.6 Å². The second kappa shape index (κ2) is 17.6. The van der Waals surface area contributed by atoms with Crippen LogP contribution in [-0.2, 0) is 12.8 Å². The molecule has 18 heteroatoms. The van der Waals surface area contributed by atoms with Crippen molar-refractivity contribution < 1.29 is 20.4 Å². The number of aryl methyl sites for hydroxylation is 4. The molecule has 8 N–H and O–H groups in total. The predicted molar refractivity (Wildman–Crippen MR) is 254 cm³/mol. The molecule has 0 amide bonds. The molecular weight excluding hydrogens is 956 g/mol. The monoisotopic (exact) mass is 998 g/mol. The van der Waals surface area contributed by atoms with E-state index in [0.717, 1.165) is 101 Å². The topological polar surface area (TPSA) is 220 Å². The maximum absolute atomic E-state index is 10.8. The van der Waals surface area contributed by atoms with Crippen molar-refractivity contribution in [3.8, 4) is 0 Å². The Morgan fingerprint density at radius 2 is 1.00 bits per heavy atom. The molecule has 2 aliphatic heterocycles. The second-order valence-electron chi connectivity index (χ2n) is 15.8. The lowest BCUT2D eigenvalue weighted by molar-refractivity contribution is 0.0176. The Kier molecular flexibility index (Phi) is 12.2. The number of hydrogen-bond acceptors (Lipinski definition) is 14. The van der Waals surface area contributed by atoms with Gasteiger partial charge in [0.2, 0.25) is 0 Å². The number of benzene rings is 2. The van der Waals surface area contributed by atoms with Gasteiger partial charge in [0.25, 0.3) is 0 Å². The van der Waals surface area contributed by atoms with Crippen LogP contribution in [0.5, 0.6) is 0 Å². The maximum Gasteiger partial charge on any atom is 0.144 e. The molecule has 0 aliphatic carbocycles. The molecule has 14 nitrogen and oxygen atoms in total. The van der Waals surface area contributed by atoms with Gasteiger partial charge in [-0.05, 0) is 119 Å². The molecule has 62 heavy (non-hydrogen) atoms. The summed E-state index contributed by atoms with van der Waals surface area (Å²) in [5.41, 5.74) is 19.2. The summed E-state index contributed by atoms with van der Waals surface area (Å²) in [5.74, 6) is 0.936. The molecule has 0 saturated carbocycles. The number of hydrogen-bond donors (Lipinski definition) is 6. The minimum atomic E-state index is -0.865. The first-order valence-corrected chi connectivity index (χ1v) is 23.6. The van der Waals surface area contributed by atoms with E-state index in [1.165, 1.54) is 12.7 Å². The van der Waals surface area contributed by atoms with Gasteiger partial charge in [0.05, 0.1) is 43.6 Å². The number of nitrogen functional groups attached to an aromatic ring is 2. The van der Waals surface area contributed by atoms with Crippen LogP contribution in [0.3, 0.4) is 0 Å². The van der Waals surface area contributed by atoms with Crippen LogP contribution >= 0.6 is 55.4 Å². The highest BCUT2D eigenvalue weighted by atomic mass is 79.9. The number of aliphatic hydroxyl groups is 4. The molecule has 8 heterocycles. The number of aliphatic hydroxyl groups excluding tert-OH is 4. The quantitative estimate of drug-likeness (QED) is 0.0887. The zero-order valence-corrected chi connectivity index (χ0v) is 38.4. The summed E-state index contributed by atoms with van der Waals surface area (Å²) in [6.07, 6.45) is 6.59. The SMILES string of the molecule is Cc1ncnc2c1ccn2[C@@H]1S[C@@H](CCc2ccc3cc(Br)c(N)nc3c2)[C@@H](O)[C@H]1O.Cc1ncnc2c1ccn2[C@@H]1S[C@H](CCc2ccc3cc(Br)c(N)nc3c2)[C@@H](O)[C@H]1O. The maximum atomic E-state index is 10.8. The van der Waals surface area contributed by atoms with Crippen LogP contribution < -0.4 is 11.5 Å². The molecule has 0 unspecified atom stereocenters. The third kappa shape index (κ3) is 8.27. The highest BCUT2D eigenvalue weighted by molar-refractivity contribution is 9.11. The lowest BCUT2D eigenvalue weighted by Crippen LogP contribution is -2.31. The number of rotatable bonds is 8. The minimum Gasteiger partial charge on any atom is -0.389 e. The van der Waals surface area contributed by atoms with Crippen molar-refractivity contribution in [2.45, 2.75) is 85.2 Å². The van der Waals surface area contributed by atoms with Crippen molar-refractivity contribution in [2.75, 3.05) is 11.5 Å². The fourth-order valence-electron chi connectivity index (χ4n) is 8.33. The largest absolute Gasteiger partial charge is 0.389 e. The predicted octanol–water partition coefficient (Wildman–Crippen LogP) is 7.20. The van der Waals surface area contributed by atoms with E-state index in [2.05, 4.69) is 73.9 Å². The molecule has 6 aromatic heterocycles. The van der Waals surface area contributed by atoms with E-state index in [1.807, 2.05) is 83.9 Å². The van der Waals surface area contributed by atoms with Gasteiger partial charge < -0.3 is 41.0 Å². The molecule has 0 spiro atoms. The van der Waals surface area contributed by atoms with Gasteiger partial charge in [-0.3, -0.25) is 0 Å². The van der Waals surface area contributed by atoms with Gasteiger partial charge in [-0.15, -0.1) is 23.5 Å². The van der Waals surface area contributed by atoms with Crippen LogP contribution in [-0.4, -0.2) is 94.4 Å². The fourth-order valence-corrected chi connectivity index (χ4v) is 12.1. The molecule has 10 rings (SSSR count). The summed E-state index contributed by atoms with van der Waals surface area (Å²) in [4.78, 5) is 26.1. The van der Waals surface area contributed by atoms with Crippen molar-refractivity contribution in [3.63, 3.8) is 0 Å². The molecule has 2 aromatic carbocycles. The Morgan fingerprint density at radius 1 is 0.581 bits per heavy atom. The van der Waals surface area contributed by atoms with Crippen LogP contribution in [0.2, 0.25) is 0 Å². The Balaban J connectivity index is 0.000000158. The lowest BCUT2D eigenvalue weighted by Gasteiger charge is -2.17. The number of nitrogens with zero attached hydrogens (tertiary/aromatic N) is 8. The van der Waals surface area contributed by atoms with Gasteiger partial charge in [0.15, 0.2) is 0 Å². The Morgan fingerprint density at radius 3 is 1.42 bits per heavy atom. The molecule has 2 aliphatic rings. The highest BCUT2D eigenvalue weighted by Crippen LogP contribution is 2.46. The van der Waals surface area contributed by atoms with Crippen LogP contribution in [0.15, 0.2) is 94.7 Å². The van der Waals surface area contributed by atoms with E-state index in [1.54, 1.807) is 23.5 Å². The average Bonchev–Trinajstić information content (AvgIpc) is 4.02. The van der Waals surface area contributed by atoms with Gasteiger partial charge >= 0.3 is 0 Å². The standard InChI is InChI=1S/2C22H22BrN5O2S/c2*1-11-14-6-7-28(21(14)26-10-25-11)22-19(30)18(29)17(31-22)5-3-12-2-4-13-9-15(23)20(24)27-16(13)8-12/h2*2,4,6-10,17-19,22,29-30H,3,5H2,1H3,(H2,24,27)/t17-,18+,19+,22+;17-,18-,19-,22-/m01/s1. The first kappa shape index (κ1) is 42.9. The number of pyridine rings is 2. The van der Waals surface area contributed by atoms with Gasteiger partial charge in [-0.2, -0.15) is 0 Å². The Bertz CT molecular complexity index is 2760. The number of halogens is 2. The number of thioether (sulfide) groups is 2.